The Hall–Kier alpha value is -1.89. The van der Waals surface area contributed by atoms with E-state index < -0.39 is 0 Å². The van der Waals surface area contributed by atoms with Crippen LogP contribution in [-0.4, -0.2) is 5.78 Å². The van der Waals surface area contributed by atoms with Crippen molar-refractivity contribution in [3.63, 3.8) is 0 Å². The van der Waals surface area contributed by atoms with Gasteiger partial charge in [-0.15, -0.1) is 0 Å². The molecule has 0 N–H and O–H groups in total. The van der Waals surface area contributed by atoms with Gasteiger partial charge in [0.1, 0.15) is 5.78 Å². The molecule has 0 aliphatic heterocycles. The van der Waals surface area contributed by atoms with Gasteiger partial charge >= 0.3 is 0 Å². The second kappa shape index (κ2) is 3.57. The molecule has 0 bridgehead atoms. The Morgan fingerprint density at radius 2 is 1.68 bits per heavy atom. The van der Waals surface area contributed by atoms with Crippen LogP contribution in [0.5, 0.6) is 0 Å². The Kier molecular flexibility index (Phi) is 2.06. The van der Waals surface area contributed by atoms with E-state index in [0.29, 0.717) is 18.1 Å². The zero-order valence-electron chi connectivity index (χ0n) is 11.0. The van der Waals surface area contributed by atoms with Crippen LogP contribution in [0.25, 0.3) is 11.1 Å². The first-order valence-electron chi connectivity index (χ1n) is 6.95. The number of carbonyl (C=O) groups excluding carboxylic acids is 1. The zero-order chi connectivity index (χ0) is 13.0. The van der Waals surface area contributed by atoms with Gasteiger partial charge in [-0.3, -0.25) is 4.79 Å². The summed E-state index contributed by atoms with van der Waals surface area (Å²) >= 11 is 0. The Morgan fingerprint density at radius 3 is 2.53 bits per heavy atom. The minimum Gasteiger partial charge on any atom is -0.299 e. The van der Waals surface area contributed by atoms with E-state index in [1.807, 2.05) is 0 Å². The number of Topliss-reactive ketones (excluding diaryl/α,β-unsaturated/α-hetero) is 1. The van der Waals surface area contributed by atoms with Crippen LogP contribution in [0.1, 0.15) is 36.8 Å². The number of hydrogen-bond donors (Lipinski definition) is 0. The summed E-state index contributed by atoms with van der Waals surface area (Å²) in [5.74, 6) is 0.755. The summed E-state index contributed by atoms with van der Waals surface area (Å²) in [6.07, 6.45) is 1.70. The van der Waals surface area contributed by atoms with Crippen molar-refractivity contribution in [2.24, 2.45) is 0 Å². The van der Waals surface area contributed by atoms with E-state index >= 15 is 0 Å². The van der Waals surface area contributed by atoms with Crippen molar-refractivity contribution in [1.29, 1.82) is 0 Å². The predicted octanol–water partition coefficient (Wildman–Crippen LogP) is 4.07. The average Bonchev–Trinajstić information content (AvgIpc) is 2.77. The van der Waals surface area contributed by atoms with Gasteiger partial charge in [0.15, 0.2) is 0 Å². The maximum absolute atomic E-state index is 12.5. The average molecular weight is 248 g/mol. The molecule has 1 fully saturated rings. The summed E-state index contributed by atoms with van der Waals surface area (Å²) in [6, 6.07) is 17.0. The lowest BCUT2D eigenvalue weighted by Crippen LogP contribution is -2.35. The van der Waals surface area contributed by atoms with E-state index in [4.69, 9.17) is 0 Å². The van der Waals surface area contributed by atoms with Gasteiger partial charge in [0.05, 0.1) is 5.41 Å². The van der Waals surface area contributed by atoms with Gasteiger partial charge in [0, 0.05) is 12.3 Å². The van der Waals surface area contributed by atoms with E-state index in [1.54, 1.807) is 0 Å². The topological polar surface area (TPSA) is 17.1 Å². The van der Waals surface area contributed by atoms with Crippen molar-refractivity contribution in [2.75, 3.05) is 0 Å². The minimum atomic E-state index is -0.315. The van der Waals surface area contributed by atoms with E-state index in [1.165, 1.54) is 22.3 Å². The van der Waals surface area contributed by atoms with Crippen LogP contribution in [0.15, 0.2) is 48.5 Å². The highest BCUT2D eigenvalue weighted by Gasteiger charge is 2.51. The first-order valence-corrected chi connectivity index (χ1v) is 6.95. The van der Waals surface area contributed by atoms with Crippen molar-refractivity contribution >= 4 is 5.78 Å². The molecule has 0 amide bonds. The third-order valence-electron chi connectivity index (χ3n) is 5.05. The number of carbonyl (C=O) groups is 1. The molecule has 0 aromatic heterocycles. The molecule has 4 rings (SSSR count). The summed E-state index contributed by atoms with van der Waals surface area (Å²) in [7, 11) is 0. The number of fused-ring (bicyclic) bond motifs is 6. The number of hydrogen-bond acceptors (Lipinski definition) is 1. The normalized spacial score (nSPS) is 27.6. The monoisotopic (exact) mass is 248 g/mol. The summed E-state index contributed by atoms with van der Waals surface area (Å²) in [5.41, 5.74) is 4.82. The zero-order valence-corrected chi connectivity index (χ0v) is 11.0. The molecule has 94 valence electrons. The molecule has 2 aromatic rings. The summed E-state index contributed by atoms with van der Waals surface area (Å²) in [6.45, 7) is 2.14. The molecule has 1 nitrogen and oxygen atoms in total. The Bertz CT molecular complexity index is 686. The molecule has 0 spiro atoms. The highest BCUT2D eigenvalue weighted by atomic mass is 16.1. The maximum atomic E-state index is 12.5. The highest BCUT2D eigenvalue weighted by molar-refractivity contribution is 5.98. The quantitative estimate of drug-likeness (QED) is 0.686. The molecule has 1 heteroatoms. The van der Waals surface area contributed by atoms with Crippen molar-refractivity contribution in [1.82, 2.24) is 0 Å². The van der Waals surface area contributed by atoms with Gasteiger partial charge in [-0.05, 0) is 35.6 Å². The fourth-order valence-corrected chi connectivity index (χ4v) is 4.04. The first kappa shape index (κ1) is 11.0. The fraction of sp³-hybridized carbons (Fsp3) is 0.278. The molecule has 2 atom stereocenters. The Morgan fingerprint density at radius 1 is 1.00 bits per heavy atom. The number of rotatable bonds is 0. The van der Waals surface area contributed by atoms with Gasteiger partial charge in [-0.1, -0.05) is 48.5 Å². The van der Waals surface area contributed by atoms with Gasteiger partial charge in [-0.2, -0.15) is 0 Å². The number of benzene rings is 2. The smallest absolute Gasteiger partial charge is 0.143 e. The SMILES string of the molecule is C[C@]12C(=O)CC[C@@H]1c1ccccc1-c1ccccc12. The molecule has 0 heterocycles. The van der Waals surface area contributed by atoms with Gasteiger partial charge in [-0.25, -0.2) is 0 Å². The standard InChI is InChI=1S/C18H16O/c1-18-15-9-5-4-8-13(15)12-6-2-3-7-14(12)16(18)10-11-17(18)19/h2-9,16H,10-11H2,1H3/t16-,18-/m1/s1. The largest absolute Gasteiger partial charge is 0.299 e. The Balaban J connectivity index is 2.11. The third kappa shape index (κ3) is 1.23. The Labute approximate surface area is 113 Å². The van der Waals surface area contributed by atoms with Crippen LogP contribution in [-0.2, 0) is 10.2 Å². The lowest BCUT2D eigenvalue weighted by molar-refractivity contribution is -0.121. The van der Waals surface area contributed by atoms with Gasteiger partial charge in [0.2, 0.25) is 0 Å². The van der Waals surface area contributed by atoms with Crippen molar-refractivity contribution < 1.29 is 4.79 Å². The molecule has 2 aromatic carbocycles. The molecule has 2 aliphatic carbocycles. The number of ketones is 1. The highest BCUT2D eigenvalue weighted by Crippen LogP contribution is 2.56. The molecule has 0 unspecified atom stereocenters. The van der Waals surface area contributed by atoms with E-state index in [2.05, 4.69) is 55.5 Å². The third-order valence-corrected chi connectivity index (χ3v) is 5.05. The van der Waals surface area contributed by atoms with Gasteiger partial charge in [0.25, 0.3) is 0 Å². The van der Waals surface area contributed by atoms with E-state index in [-0.39, 0.29) is 5.41 Å². The molecular formula is C18H16O. The van der Waals surface area contributed by atoms with Crippen LogP contribution in [0.2, 0.25) is 0 Å². The fourth-order valence-electron chi connectivity index (χ4n) is 4.04. The van der Waals surface area contributed by atoms with Crippen LogP contribution < -0.4 is 0 Å². The van der Waals surface area contributed by atoms with Crippen LogP contribution in [0.3, 0.4) is 0 Å². The van der Waals surface area contributed by atoms with E-state index in [0.717, 1.165) is 6.42 Å². The summed E-state index contributed by atoms with van der Waals surface area (Å²) < 4.78 is 0. The first-order chi connectivity index (χ1) is 9.23. The second-order valence-electron chi connectivity index (χ2n) is 5.85. The predicted molar refractivity (Wildman–Crippen MR) is 76.2 cm³/mol. The van der Waals surface area contributed by atoms with E-state index in [9.17, 15) is 4.79 Å². The van der Waals surface area contributed by atoms with Crippen molar-refractivity contribution in [3.8, 4) is 11.1 Å². The van der Waals surface area contributed by atoms with Crippen molar-refractivity contribution in [3.05, 3.63) is 59.7 Å². The summed E-state index contributed by atoms with van der Waals surface area (Å²) in [5, 5.41) is 0. The summed E-state index contributed by atoms with van der Waals surface area (Å²) in [4.78, 5) is 12.5. The lowest BCUT2D eigenvalue weighted by atomic mass is 9.63. The lowest BCUT2D eigenvalue weighted by Gasteiger charge is -2.38. The van der Waals surface area contributed by atoms with Gasteiger partial charge < -0.3 is 0 Å². The molecule has 0 saturated heterocycles. The maximum Gasteiger partial charge on any atom is 0.143 e. The molecular weight excluding hydrogens is 232 g/mol. The molecule has 19 heavy (non-hydrogen) atoms. The molecule has 0 radical (unpaired) electrons. The molecule has 2 aliphatic rings. The second-order valence-corrected chi connectivity index (χ2v) is 5.85. The van der Waals surface area contributed by atoms with Crippen LogP contribution >= 0.6 is 0 Å². The minimum absolute atomic E-state index is 0.315. The van der Waals surface area contributed by atoms with Crippen LogP contribution in [0, 0.1) is 0 Å². The van der Waals surface area contributed by atoms with Crippen LogP contribution in [0.4, 0.5) is 0 Å². The van der Waals surface area contributed by atoms with Crippen molar-refractivity contribution in [2.45, 2.75) is 31.1 Å². The molecule has 1 saturated carbocycles.